The molecule has 1 heterocycles. The van der Waals surface area contributed by atoms with Crippen LogP contribution in [0.25, 0.3) is 0 Å². The fraction of sp³-hybridized carbons (Fsp3) is 0.321. The molecule has 0 radical (unpaired) electrons. The number of sulfonamides is 1. The van der Waals surface area contributed by atoms with Crippen LogP contribution in [-0.4, -0.2) is 70.5 Å². The van der Waals surface area contributed by atoms with E-state index in [9.17, 15) is 13.2 Å². The van der Waals surface area contributed by atoms with E-state index < -0.39 is 10.0 Å². The first-order valence-corrected chi connectivity index (χ1v) is 14.0. The van der Waals surface area contributed by atoms with E-state index in [0.29, 0.717) is 49.9 Å². The minimum atomic E-state index is -3.58. The number of nitrogens with zero attached hydrogens (tertiary/aromatic N) is 2. The second-order valence-electron chi connectivity index (χ2n) is 8.92. The first-order valence-electron chi connectivity index (χ1n) is 12.2. The Morgan fingerprint density at radius 2 is 1.63 bits per heavy atom. The molecule has 0 amide bonds. The van der Waals surface area contributed by atoms with Crippen molar-refractivity contribution in [1.82, 2.24) is 9.21 Å². The van der Waals surface area contributed by atoms with Gasteiger partial charge in [0.25, 0.3) is 0 Å². The molecule has 202 valence electrons. The van der Waals surface area contributed by atoms with Crippen molar-refractivity contribution in [2.24, 2.45) is 0 Å². The van der Waals surface area contributed by atoms with E-state index in [2.05, 4.69) is 4.90 Å². The lowest BCUT2D eigenvalue weighted by Crippen LogP contribution is -2.49. The Morgan fingerprint density at radius 3 is 2.26 bits per heavy atom. The van der Waals surface area contributed by atoms with Crippen LogP contribution in [0, 0.1) is 0 Å². The third-order valence-corrected chi connectivity index (χ3v) is 8.66. The first kappa shape index (κ1) is 28.1. The Labute approximate surface area is 228 Å². The number of methoxy groups -OCH3 is 2. The maximum Gasteiger partial charge on any atom is 0.337 e. The number of ether oxygens (including phenoxy) is 3. The van der Waals surface area contributed by atoms with Crippen LogP contribution in [0.2, 0.25) is 5.02 Å². The van der Waals surface area contributed by atoms with Crippen LogP contribution in [0.1, 0.15) is 27.6 Å². The summed E-state index contributed by atoms with van der Waals surface area (Å²) in [5, 5.41) is 0.497. The molecule has 3 aromatic carbocycles. The van der Waals surface area contributed by atoms with Gasteiger partial charge < -0.3 is 14.2 Å². The highest BCUT2D eigenvalue weighted by Crippen LogP contribution is 2.26. The average Bonchev–Trinajstić information content (AvgIpc) is 2.95. The van der Waals surface area contributed by atoms with Crippen molar-refractivity contribution in [2.45, 2.75) is 17.6 Å². The number of hydrogen-bond donors (Lipinski definition) is 0. The van der Waals surface area contributed by atoms with Gasteiger partial charge in [-0.05, 0) is 59.7 Å². The Kier molecular flexibility index (Phi) is 9.40. The second kappa shape index (κ2) is 12.7. The summed E-state index contributed by atoms with van der Waals surface area (Å²) in [7, 11) is -0.607. The van der Waals surface area contributed by atoms with Gasteiger partial charge in [0.1, 0.15) is 5.75 Å². The molecule has 3 aromatic rings. The van der Waals surface area contributed by atoms with Crippen LogP contribution in [0.3, 0.4) is 0 Å². The third-order valence-electron chi connectivity index (χ3n) is 6.50. The Bertz CT molecular complexity index is 1320. The molecule has 0 unspecified atom stereocenters. The van der Waals surface area contributed by atoms with Gasteiger partial charge in [0.05, 0.1) is 37.4 Å². The van der Waals surface area contributed by atoms with Crippen molar-refractivity contribution >= 4 is 27.6 Å². The molecule has 0 aliphatic carbocycles. The van der Waals surface area contributed by atoms with Crippen molar-refractivity contribution in [3.8, 4) is 5.75 Å². The van der Waals surface area contributed by atoms with Crippen LogP contribution in [0.4, 0.5) is 0 Å². The standard InChI is InChI=1S/C28H31ClN2O6S/c1-35-25-5-3-4-23(18-25)27(37-20-21-6-8-22(9-7-21)28(32)36-2)19-30-14-16-31(17-15-30)38(33,34)26-12-10-24(29)11-13-26/h3-13,18,27H,14-17,19-20H2,1-2H3/t27-/m0/s1. The normalized spacial score (nSPS) is 15.7. The van der Waals surface area contributed by atoms with Crippen molar-refractivity contribution in [2.75, 3.05) is 46.9 Å². The summed E-state index contributed by atoms with van der Waals surface area (Å²) in [5.74, 6) is 0.348. The molecule has 1 aliphatic heterocycles. The summed E-state index contributed by atoms with van der Waals surface area (Å²) in [6.45, 7) is 2.83. The summed E-state index contributed by atoms with van der Waals surface area (Å²) in [6, 6.07) is 21.1. The van der Waals surface area contributed by atoms with E-state index in [4.69, 9.17) is 25.8 Å². The van der Waals surface area contributed by atoms with Crippen LogP contribution >= 0.6 is 11.6 Å². The number of carbonyl (C=O) groups excluding carboxylic acids is 1. The lowest BCUT2D eigenvalue weighted by molar-refractivity contribution is 0.00761. The number of piperazine rings is 1. The van der Waals surface area contributed by atoms with E-state index in [1.54, 1.807) is 31.4 Å². The first-order chi connectivity index (χ1) is 18.3. The third kappa shape index (κ3) is 6.92. The van der Waals surface area contributed by atoms with Gasteiger partial charge in [-0.2, -0.15) is 4.31 Å². The van der Waals surface area contributed by atoms with Gasteiger partial charge in [0.15, 0.2) is 0 Å². The molecule has 0 N–H and O–H groups in total. The molecule has 1 aliphatic rings. The quantitative estimate of drug-likeness (QED) is 0.341. The van der Waals surface area contributed by atoms with Crippen molar-refractivity contribution in [3.63, 3.8) is 0 Å². The van der Waals surface area contributed by atoms with E-state index in [-0.39, 0.29) is 17.0 Å². The zero-order valence-electron chi connectivity index (χ0n) is 21.4. The molecule has 0 bridgehead atoms. The van der Waals surface area contributed by atoms with Gasteiger partial charge in [0, 0.05) is 37.7 Å². The van der Waals surface area contributed by atoms with Crippen LogP contribution in [-0.2, 0) is 26.1 Å². The van der Waals surface area contributed by atoms with E-state index >= 15 is 0 Å². The van der Waals surface area contributed by atoms with Crippen LogP contribution in [0.5, 0.6) is 5.75 Å². The molecule has 10 heteroatoms. The fourth-order valence-corrected chi connectivity index (χ4v) is 5.84. The molecular formula is C28H31ClN2O6S. The topological polar surface area (TPSA) is 85.4 Å². The molecule has 1 saturated heterocycles. The van der Waals surface area contributed by atoms with Gasteiger partial charge >= 0.3 is 5.97 Å². The van der Waals surface area contributed by atoms with Crippen LogP contribution in [0.15, 0.2) is 77.7 Å². The molecule has 0 aromatic heterocycles. The highest BCUT2D eigenvalue weighted by Gasteiger charge is 2.29. The maximum absolute atomic E-state index is 13.1. The highest BCUT2D eigenvalue weighted by molar-refractivity contribution is 7.89. The van der Waals surface area contributed by atoms with E-state index in [1.165, 1.54) is 23.5 Å². The Balaban J connectivity index is 1.43. The van der Waals surface area contributed by atoms with Gasteiger partial charge in [-0.25, -0.2) is 13.2 Å². The number of benzene rings is 3. The molecule has 1 fully saturated rings. The summed E-state index contributed by atoms with van der Waals surface area (Å²) < 4.78 is 44.2. The molecule has 0 spiro atoms. The zero-order chi connectivity index (χ0) is 27.1. The SMILES string of the molecule is COC(=O)c1ccc(CO[C@@H](CN2CCN(S(=O)(=O)c3ccc(Cl)cc3)CC2)c2cccc(OC)c2)cc1. The molecule has 4 rings (SSSR count). The van der Waals surface area contributed by atoms with Crippen LogP contribution < -0.4 is 4.74 Å². The fourth-order valence-electron chi connectivity index (χ4n) is 4.29. The number of carbonyl (C=O) groups is 1. The maximum atomic E-state index is 13.1. The highest BCUT2D eigenvalue weighted by atomic mass is 35.5. The van der Waals surface area contributed by atoms with Crippen molar-refractivity contribution in [1.29, 1.82) is 0 Å². The lowest BCUT2D eigenvalue weighted by atomic mass is 10.1. The zero-order valence-corrected chi connectivity index (χ0v) is 23.0. The average molecular weight is 559 g/mol. The number of rotatable bonds is 10. The van der Waals surface area contributed by atoms with Crippen molar-refractivity contribution < 1.29 is 27.4 Å². The van der Waals surface area contributed by atoms with E-state index in [0.717, 1.165) is 16.9 Å². The summed E-state index contributed by atoms with van der Waals surface area (Å²) in [4.78, 5) is 14.2. The predicted molar refractivity (Wildman–Crippen MR) is 145 cm³/mol. The monoisotopic (exact) mass is 558 g/mol. The largest absolute Gasteiger partial charge is 0.497 e. The van der Waals surface area contributed by atoms with Gasteiger partial charge in [0.2, 0.25) is 10.0 Å². The number of halogens is 1. The second-order valence-corrected chi connectivity index (χ2v) is 11.3. The summed E-state index contributed by atoms with van der Waals surface area (Å²) >= 11 is 5.92. The predicted octanol–water partition coefficient (Wildman–Crippen LogP) is 4.40. The van der Waals surface area contributed by atoms with Crippen molar-refractivity contribution in [3.05, 3.63) is 94.5 Å². The number of hydrogen-bond acceptors (Lipinski definition) is 7. The minimum Gasteiger partial charge on any atom is -0.497 e. The molecular weight excluding hydrogens is 528 g/mol. The number of esters is 1. The molecule has 8 nitrogen and oxygen atoms in total. The van der Waals surface area contributed by atoms with Gasteiger partial charge in [-0.15, -0.1) is 0 Å². The van der Waals surface area contributed by atoms with Gasteiger partial charge in [-0.1, -0.05) is 35.9 Å². The molecule has 38 heavy (non-hydrogen) atoms. The summed E-state index contributed by atoms with van der Waals surface area (Å²) in [5.41, 5.74) is 2.36. The molecule has 0 saturated carbocycles. The lowest BCUT2D eigenvalue weighted by Gasteiger charge is -2.36. The smallest absolute Gasteiger partial charge is 0.337 e. The Hall–Kier alpha value is -2.95. The Morgan fingerprint density at radius 1 is 0.947 bits per heavy atom. The molecule has 1 atom stereocenters. The minimum absolute atomic E-state index is 0.242. The van der Waals surface area contributed by atoms with Gasteiger partial charge in [-0.3, -0.25) is 4.90 Å². The summed E-state index contributed by atoms with van der Waals surface area (Å²) in [6.07, 6.45) is -0.273. The van der Waals surface area contributed by atoms with E-state index in [1.807, 2.05) is 36.4 Å².